The van der Waals surface area contributed by atoms with E-state index < -0.39 is 35.9 Å². The minimum absolute atomic E-state index is 0.0685. The van der Waals surface area contributed by atoms with Gasteiger partial charge in [-0.1, -0.05) is 11.8 Å². The Morgan fingerprint density at radius 2 is 2.08 bits per heavy atom. The van der Waals surface area contributed by atoms with E-state index in [2.05, 4.69) is 29.8 Å². The molecule has 16 heteroatoms. The zero-order chi connectivity index (χ0) is 25.4. The van der Waals surface area contributed by atoms with Crippen molar-refractivity contribution in [1.82, 2.24) is 29.5 Å². The van der Waals surface area contributed by atoms with Gasteiger partial charge in [0.1, 0.15) is 11.7 Å². The molecule has 36 heavy (non-hydrogen) atoms. The first-order chi connectivity index (χ1) is 17.4. The Labute approximate surface area is 215 Å². The average molecular weight is 545 g/mol. The molecule has 0 radical (unpaired) electrons. The summed E-state index contributed by atoms with van der Waals surface area (Å²) in [7, 11) is 0. The summed E-state index contributed by atoms with van der Waals surface area (Å²) in [4.78, 5) is 62.9. The lowest BCUT2D eigenvalue weighted by Crippen LogP contribution is -2.71. The molecule has 184 valence electrons. The number of aliphatic carboxylic acids is 1. The number of hydrogen-bond acceptors (Lipinski definition) is 13. The number of thiazole rings is 1. The molecule has 0 bridgehead atoms. The number of fused-ring (bicyclic) bond motifs is 1. The number of thioether (sulfide) groups is 1. The van der Waals surface area contributed by atoms with Gasteiger partial charge in [0.25, 0.3) is 11.8 Å². The average Bonchev–Trinajstić information content (AvgIpc) is 3.52. The number of nitrogens with zero attached hydrogens (tertiary/aromatic N) is 6. The first-order valence-electron chi connectivity index (χ1n) is 10.4. The molecule has 3 unspecified atom stereocenters. The number of anilines is 1. The molecule has 4 N–H and O–H groups in total. The molecule has 0 aliphatic carbocycles. The molecule has 5 rings (SSSR count). The number of carboxylic acids is 1. The standard InChI is InChI=1S/C20H16N8O5S3/c21-19-25-15(27-36-19)13(26-33)16(29)24-12-10-1-2-11(14(18(31)32)28(10)17(12)30)35-20-23-9(7-34-20)8-3-5-22-6-4-8/h3-7,10,12-13H,1-2H2,(H,24,29)(H,31,32)(H2,21,25,27). The predicted molar refractivity (Wildman–Crippen MR) is 131 cm³/mol. The van der Waals surface area contributed by atoms with Crippen molar-refractivity contribution < 1.29 is 19.5 Å². The number of carbonyl (C=O) groups is 3. The first-order valence-corrected chi connectivity index (χ1v) is 12.9. The number of carboxylic acid groups (broad SMARTS) is 1. The molecule has 2 amide bonds. The summed E-state index contributed by atoms with van der Waals surface area (Å²) in [5.74, 6) is -2.85. The highest BCUT2D eigenvalue weighted by atomic mass is 32.2. The summed E-state index contributed by atoms with van der Waals surface area (Å²) in [6.07, 6.45) is 4.11. The van der Waals surface area contributed by atoms with Crippen molar-refractivity contribution in [2.45, 2.75) is 35.3 Å². The maximum atomic E-state index is 12.9. The third-order valence-corrected chi connectivity index (χ3v) is 8.26. The topological polar surface area (TPSA) is 194 Å². The highest BCUT2D eigenvalue weighted by Crippen LogP contribution is 2.44. The molecule has 0 saturated carbocycles. The van der Waals surface area contributed by atoms with Crippen LogP contribution < -0.4 is 11.1 Å². The van der Waals surface area contributed by atoms with Gasteiger partial charge in [-0.25, -0.2) is 14.8 Å². The molecule has 1 saturated heterocycles. The van der Waals surface area contributed by atoms with Gasteiger partial charge in [-0.05, 0) is 30.2 Å². The largest absolute Gasteiger partial charge is 0.477 e. The maximum Gasteiger partial charge on any atom is 0.353 e. The van der Waals surface area contributed by atoms with Crippen LogP contribution in [0, 0.1) is 4.91 Å². The van der Waals surface area contributed by atoms with Crippen molar-refractivity contribution in [2.24, 2.45) is 5.18 Å². The number of carbonyl (C=O) groups excluding carboxylic acids is 2. The van der Waals surface area contributed by atoms with Gasteiger partial charge in [0.15, 0.2) is 15.3 Å². The Kier molecular flexibility index (Phi) is 6.46. The molecule has 2 aliphatic rings. The fraction of sp³-hybridized carbons (Fsp3) is 0.250. The molecule has 3 aromatic heterocycles. The number of nitrogen functional groups attached to an aromatic ring is 1. The number of amides is 2. The Bertz CT molecular complexity index is 1390. The van der Waals surface area contributed by atoms with Gasteiger partial charge in [-0.2, -0.15) is 4.37 Å². The lowest BCUT2D eigenvalue weighted by Gasteiger charge is -2.50. The molecular formula is C20H16N8O5S3. The predicted octanol–water partition coefficient (Wildman–Crippen LogP) is 2.02. The number of nitroso groups, excluding NO2 is 1. The second-order valence-corrected chi connectivity index (χ2v) is 10.7. The summed E-state index contributed by atoms with van der Waals surface area (Å²) in [6, 6.07) is 0.532. The fourth-order valence-electron chi connectivity index (χ4n) is 4.00. The summed E-state index contributed by atoms with van der Waals surface area (Å²) in [6.45, 7) is 0. The van der Waals surface area contributed by atoms with Crippen molar-refractivity contribution in [3.63, 3.8) is 0 Å². The van der Waals surface area contributed by atoms with Crippen LogP contribution in [0.4, 0.5) is 5.13 Å². The molecule has 3 atom stereocenters. The third kappa shape index (κ3) is 4.33. The van der Waals surface area contributed by atoms with Crippen LogP contribution in [0.3, 0.4) is 0 Å². The van der Waals surface area contributed by atoms with Crippen LogP contribution in [0.15, 0.2) is 50.0 Å². The number of β-lactam (4-membered cyclic amide) rings is 1. The van der Waals surface area contributed by atoms with E-state index in [1.54, 1.807) is 12.4 Å². The SMILES string of the molecule is Nc1nc(C(N=O)C(=O)NC2C(=O)N3C(C(=O)O)=C(Sc4nc(-c5ccncc5)cs4)CCC23)ns1. The number of aromatic nitrogens is 4. The fourth-order valence-corrected chi connectivity index (χ4v) is 6.51. The maximum absolute atomic E-state index is 12.9. The summed E-state index contributed by atoms with van der Waals surface area (Å²) in [5.41, 5.74) is 7.00. The molecular weight excluding hydrogens is 528 g/mol. The Balaban J connectivity index is 1.32. The molecule has 2 aliphatic heterocycles. The number of nitrogens with one attached hydrogen (secondary N) is 1. The lowest BCUT2D eigenvalue weighted by molar-refractivity contribution is -0.156. The van der Waals surface area contributed by atoms with Crippen molar-refractivity contribution in [3.8, 4) is 11.3 Å². The molecule has 5 heterocycles. The Morgan fingerprint density at radius 1 is 1.31 bits per heavy atom. The van der Waals surface area contributed by atoms with E-state index in [9.17, 15) is 24.4 Å². The van der Waals surface area contributed by atoms with Gasteiger partial charge in [-0.3, -0.25) is 19.5 Å². The van der Waals surface area contributed by atoms with E-state index in [1.165, 1.54) is 28.0 Å². The van der Waals surface area contributed by atoms with E-state index in [1.807, 2.05) is 17.5 Å². The van der Waals surface area contributed by atoms with Crippen molar-refractivity contribution in [2.75, 3.05) is 5.73 Å². The molecule has 0 spiro atoms. The van der Waals surface area contributed by atoms with Gasteiger partial charge in [0.2, 0.25) is 6.04 Å². The van der Waals surface area contributed by atoms with Crippen LogP contribution in [-0.4, -0.2) is 59.2 Å². The highest BCUT2D eigenvalue weighted by Gasteiger charge is 2.54. The van der Waals surface area contributed by atoms with Gasteiger partial charge in [-0.15, -0.1) is 16.2 Å². The van der Waals surface area contributed by atoms with Crippen LogP contribution in [0.25, 0.3) is 11.3 Å². The van der Waals surface area contributed by atoms with E-state index in [-0.39, 0.29) is 16.7 Å². The third-order valence-electron chi connectivity index (χ3n) is 5.62. The molecule has 3 aromatic rings. The van der Waals surface area contributed by atoms with E-state index in [0.717, 1.165) is 22.8 Å². The summed E-state index contributed by atoms with van der Waals surface area (Å²) in [5, 5.41) is 17.1. The monoisotopic (exact) mass is 544 g/mol. The number of rotatable bonds is 8. The Morgan fingerprint density at radius 3 is 2.75 bits per heavy atom. The zero-order valence-electron chi connectivity index (χ0n) is 18.1. The lowest BCUT2D eigenvalue weighted by atomic mass is 9.86. The minimum atomic E-state index is -1.57. The van der Waals surface area contributed by atoms with Gasteiger partial charge in [0.05, 0.1) is 11.7 Å². The van der Waals surface area contributed by atoms with Crippen LogP contribution >= 0.6 is 34.6 Å². The van der Waals surface area contributed by atoms with E-state index in [0.29, 0.717) is 22.1 Å². The van der Waals surface area contributed by atoms with Crippen LogP contribution in [0.5, 0.6) is 0 Å². The van der Waals surface area contributed by atoms with Crippen LogP contribution in [0.2, 0.25) is 0 Å². The van der Waals surface area contributed by atoms with E-state index in [4.69, 9.17) is 5.73 Å². The number of nitrogens with two attached hydrogens (primary N) is 1. The number of pyridine rings is 1. The minimum Gasteiger partial charge on any atom is -0.477 e. The number of allylic oxidation sites excluding steroid dienone is 1. The van der Waals surface area contributed by atoms with E-state index >= 15 is 0 Å². The smallest absolute Gasteiger partial charge is 0.353 e. The van der Waals surface area contributed by atoms with Crippen molar-refractivity contribution in [3.05, 3.63) is 51.2 Å². The highest BCUT2D eigenvalue weighted by molar-refractivity contribution is 8.04. The molecule has 0 aromatic carbocycles. The number of hydrogen-bond donors (Lipinski definition) is 3. The van der Waals surface area contributed by atoms with Crippen molar-refractivity contribution in [1.29, 1.82) is 0 Å². The van der Waals surface area contributed by atoms with Gasteiger partial charge < -0.3 is 16.2 Å². The molecule has 13 nitrogen and oxygen atoms in total. The normalized spacial score (nSPS) is 19.9. The van der Waals surface area contributed by atoms with Crippen LogP contribution in [0.1, 0.15) is 24.7 Å². The summed E-state index contributed by atoms with van der Waals surface area (Å²) < 4.78 is 4.47. The zero-order valence-corrected chi connectivity index (χ0v) is 20.5. The summed E-state index contributed by atoms with van der Waals surface area (Å²) >= 11 is 3.39. The van der Waals surface area contributed by atoms with Gasteiger partial charge in [0, 0.05) is 39.8 Å². The first kappa shape index (κ1) is 24.0. The Hall–Kier alpha value is -3.76. The van der Waals surface area contributed by atoms with Crippen LogP contribution in [-0.2, 0) is 14.4 Å². The van der Waals surface area contributed by atoms with Crippen molar-refractivity contribution >= 4 is 57.5 Å². The van der Waals surface area contributed by atoms with Gasteiger partial charge >= 0.3 is 5.97 Å². The quantitative estimate of drug-likeness (QED) is 0.277. The molecule has 1 fully saturated rings. The second-order valence-electron chi connectivity index (χ2n) is 7.71. The second kappa shape index (κ2) is 9.71.